The lowest BCUT2D eigenvalue weighted by Crippen LogP contribution is -2.38. The van der Waals surface area contributed by atoms with Gasteiger partial charge in [0.05, 0.1) is 24.4 Å². The highest BCUT2D eigenvalue weighted by atomic mass is 32.2. The third kappa shape index (κ3) is 7.70. The van der Waals surface area contributed by atoms with Gasteiger partial charge in [0, 0.05) is 41.1 Å². The van der Waals surface area contributed by atoms with Gasteiger partial charge < -0.3 is 19.9 Å². The molecule has 1 aliphatic rings. The predicted octanol–water partition coefficient (Wildman–Crippen LogP) is 7.75. The van der Waals surface area contributed by atoms with E-state index < -0.39 is 6.29 Å². The van der Waals surface area contributed by atoms with Crippen molar-refractivity contribution in [3.8, 4) is 11.1 Å². The molecule has 0 saturated carbocycles. The summed E-state index contributed by atoms with van der Waals surface area (Å²) in [6.07, 6.45) is 2.50. The number of aliphatic hydroxyl groups excluding tert-OH is 1. The normalized spacial score (nSPS) is 19.6. The number of carbonyl (C=O) groups excluding carboxylic acids is 1. The van der Waals surface area contributed by atoms with Gasteiger partial charge in [0.25, 0.3) is 5.91 Å². The van der Waals surface area contributed by atoms with Gasteiger partial charge in [-0.15, -0.1) is 11.8 Å². The number of hydrogen-bond acceptors (Lipinski definition) is 6. The Morgan fingerprint density at radius 2 is 1.60 bits per heavy atom. The number of nitrogens with one attached hydrogen (secondary N) is 1. The maximum absolute atomic E-state index is 12.5. The lowest BCUT2D eigenvalue weighted by atomic mass is 9.91. The Kier molecular flexibility index (Phi) is 10.0. The summed E-state index contributed by atoms with van der Waals surface area (Å²) in [6, 6.07) is 38.4. The molecule has 0 spiro atoms. The van der Waals surface area contributed by atoms with Crippen molar-refractivity contribution < 1.29 is 19.4 Å². The molecule has 1 fully saturated rings. The summed E-state index contributed by atoms with van der Waals surface area (Å²) in [5, 5.41) is 12.5. The van der Waals surface area contributed by atoms with Gasteiger partial charge in [-0.3, -0.25) is 9.78 Å². The molecule has 0 aliphatic carbocycles. The number of hydrogen-bond donors (Lipinski definition) is 2. The van der Waals surface area contributed by atoms with Crippen LogP contribution in [0.1, 0.15) is 51.9 Å². The van der Waals surface area contributed by atoms with Crippen LogP contribution in [0.2, 0.25) is 0 Å². The molecule has 1 saturated heterocycles. The van der Waals surface area contributed by atoms with E-state index in [0.29, 0.717) is 12.1 Å². The van der Waals surface area contributed by atoms with E-state index >= 15 is 0 Å². The van der Waals surface area contributed by atoms with Gasteiger partial charge in [-0.05, 0) is 58.1 Å². The van der Waals surface area contributed by atoms with E-state index in [0.717, 1.165) is 39.1 Å². The monoisotopic (exact) mass is 616 g/mol. The molecule has 0 unspecified atom stereocenters. The molecule has 4 atom stereocenters. The van der Waals surface area contributed by atoms with Crippen LogP contribution in [-0.4, -0.2) is 27.9 Å². The minimum absolute atomic E-state index is 0.0126. The molecule has 7 heteroatoms. The quantitative estimate of drug-likeness (QED) is 0.156. The number of aliphatic hydroxyl groups is 1. The Balaban J connectivity index is 1.18. The molecule has 2 N–H and O–H groups in total. The van der Waals surface area contributed by atoms with E-state index in [2.05, 4.69) is 77.9 Å². The first-order valence-electron chi connectivity index (χ1n) is 15.1. The van der Waals surface area contributed by atoms with Crippen molar-refractivity contribution in [2.75, 3.05) is 5.75 Å². The summed E-state index contributed by atoms with van der Waals surface area (Å²) in [5.74, 6) is 0.777. The second kappa shape index (κ2) is 14.7. The number of rotatable bonds is 10. The van der Waals surface area contributed by atoms with Gasteiger partial charge in [-0.25, -0.2) is 0 Å². The van der Waals surface area contributed by atoms with E-state index in [4.69, 9.17) is 9.47 Å². The highest BCUT2D eigenvalue weighted by Crippen LogP contribution is 2.43. The minimum atomic E-state index is -0.520. The topological polar surface area (TPSA) is 80.7 Å². The number of aromatic nitrogens is 1. The summed E-state index contributed by atoms with van der Waals surface area (Å²) in [4.78, 5) is 17.7. The molecule has 0 bridgehead atoms. The van der Waals surface area contributed by atoms with Crippen molar-refractivity contribution in [3.63, 3.8) is 0 Å². The maximum Gasteiger partial charge on any atom is 0.253 e. The van der Waals surface area contributed by atoms with E-state index in [1.54, 1.807) is 36.3 Å². The van der Waals surface area contributed by atoms with Crippen molar-refractivity contribution in [1.29, 1.82) is 0 Å². The number of amides is 1. The molecular formula is C38H36N2O4S. The van der Waals surface area contributed by atoms with Crippen molar-refractivity contribution in [2.24, 2.45) is 5.92 Å². The fourth-order valence-electron chi connectivity index (χ4n) is 5.48. The van der Waals surface area contributed by atoms with Crippen LogP contribution >= 0.6 is 11.8 Å². The first-order valence-corrected chi connectivity index (χ1v) is 16.1. The lowest BCUT2D eigenvalue weighted by molar-refractivity contribution is -0.268. The Bertz CT molecular complexity index is 1680. The Labute approximate surface area is 268 Å². The molecule has 6 rings (SSSR count). The average molecular weight is 617 g/mol. The number of ether oxygens (including phenoxy) is 2. The fraction of sp³-hybridized carbons (Fsp3) is 0.211. The third-order valence-corrected chi connectivity index (χ3v) is 9.20. The van der Waals surface area contributed by atoms with Crippen LogP contribution in [0.4, 0.5) is 0 Å². The molecule has 1 aliphatic heterocycles. The molecule has 1 amide bonds. The van der Waals surface area contributed by atoms with Crippen molar-refractivity contribution >= 4 is 17.7 Å². The SMILES string of the molecule is C[C@H]1[C@@H](CSc2ccccc2)O[C@@H](c2ccc(-c3cccc(CNC(=O)c4cccnc4)c3)cc2)O[C@H]1c1ccc(CO)cc1. The van der Waals surface area contributed by atoms with Gasteiger partial charge in [-0.1, -0.05) is 91.9 Å². The number of thioether (sulfide) groups is 1. The van der Waals surface area contributed by atoms with Crippen LogP contribution in [0.3, 0.4) is 0 Å². The Hall–Kier alpha value is -4.27. The number of carbonyl (C=O) groups is 1. The van der Waals surface area contributed by atoms with Gasteiger partial charge in [-0.2, -0.15) is 0 Å². The highest BCUT2D eigenvalue weighted by Gasteiger charge is 2.38. The lowest BCUT2D eigenvalue weighted by Gasteiger charge is -2.41. The second-order valence-electron chi connectivity index (χ2n) is 11.2. The Morgan fingerprint density at radius 1 is 0.822 bits per heavy atom. The predicted molar refractivity (Wildman–Crippen MR) is 177 cm³/mol. The first-order chi connectivity index (χ1) is 22.1. The van der Waals surface area contributed by atoms with Crippen LogP contribution in [0.25, 0.3) is 11.1 Å². The molecule has 228 valence electrons. The summed E-state index contributed by atoms with van der Waals surface area (Å²) < 4.78 is 13.3. The van der Waals surface area contributed by atoms with E-state index in [1.165, 1.54) is 4.90 Å². The first kappa shape index (κ1) is 30.7. The molecule has 6 nitrogen and oxygen atoms in total. The van der Waals surface area contributed by atoms with Gasteiger partial charge >= 0.3 is 0 Å². The van der Waals surface area contributed by atoms with Crippen molar-refractivity contribution in [2.45, 2.75) is 43.5 Å². The van der Waals surface area contributed by atoms with Crippen LogP contribution in [0.15, 0.2) is 133 Å². The van der Waals surface area contributed by atoms with Crippen LogP contribution in [0.5, 0.6) is 0 Å². The fourth-order valence-corrected chi connectivity index (χ4v) is 6.57. The second-order valence-corrected chi connectivity index (χ2v) is 12.3. The molecular weight excluding hydrogens is 580 g/mol. The summed E-state index contributed by atoms with van der Waals surface area (Å²) in [5.41, 5.74) is 6.58. The average Bonchev–Trinajstić information content (AvgIpc) is 3.11. The van der Waals surface area contributed by atoms with Crippen LogP contribution in [0, 0.1) is 5.92 Å². The zero-order valence-electron chi connectivity index (χ0n) is 25.1. The van der Waals surface area contributed by atoms with Gasteiger partial charge in [0.1, 0.15) is 0 Å². The largest absolute Gasteiger partial charge is 0.392 e. The molecule has 2 heterocycles. The van der Waals surface area contributed by atoms with Crippen molar-refractivity contribution in [3.05, 3.63) is 155 Å². The zero-order chi connectivity index (χ0) is 31.0. The maximum atomic E-state index is 12.5. The van der Waals surface area contributed by atoms with E-state index in [1.807, 2.05) is 42.5 Å². The standard InChI is InChI=1S/C38H36N2O4S/c1-26-35(25-45-34-10-3-2-4-11-34)43-38(44-36(26)30-14-12-27(24-41)13-15-30)31-18-16-29(17-19-31)32-8-5-7-28(21-32)22-40-37(42)33-9-6-20-39-23-33/h2-21,23,26,35-36,38,41H,22,24-25H2,1H3,(H,40,42)/t26-,35+,36+,38+/m0/s1. The summed E-state index contributed by atoms with van der Waals surface area (Å²) >= 11 is 1.79. The highest BCUT2D eigenvalue weighted by molar-refractivity contribution is 7.99. The van der Waals surface area contributed by atoms with Crippen molar-refractivity contribution in [1.82, 2.24) is 10.3 Å². The number of nitrogens with zero attached hydrogens (tertiary/aromatic N) is 1. The van der Waals surface area contributed by atoms with Crippen LogP contribution < -0.4 is 5.32 Å². The third-order valence-electron chi connectivity index (χ3n) is 8.10. The van der Waals surface area contributed by atoms with Gasteiger partial charge in [0.15, 0.2) is 6.29 Å². The van der Waals surface area contributed by atoms with Gasteiger partial charge in [0.2, 0.25) is 0 Å². The number of pyridine rings is 1. The molecule has 4 aromatic carbocycles. The Morgan fingerprint density at radius 3 is 2.33 bits per heavy atom. The molecule has 5 aromatic rings. The summed E-state index contributed by atoms with van der Waals surface area (Å²) in [6.45, 7) is 2.62. The summed E-state index contributed by atoms with van der Waals surface area (Å²) in [7, 11) is 0. The zero-order valence-corrected chi connectivity index (χ0v) is 25.9. The minimum Gasteiger partial charge on any atom is -0.392 e. The number of benzene rings is 4. The molecule has 0 radical (unpaired) electrons. The van der Waals surface area contributed by atoms with Crippen LogP contribution in [-0.2, 0) is 22.6 Å². The van der Waals surface area contributed by atoms with E-state index in [-0.39, 0.29) is 30.6 Å². The smallest absolute Gasteiger partial charge is 0.253 e. The molecule has 1 aromatic heterocycles. The van der Waals surface area contributed by atoms with E-state index in [9.17, 15) is 9.90 Å². The molecule has 45 heavy (non-hydrogen) atoms.